The van der Waals surface area contributed by atoms with Crippen molar-refractivity contribution in [3.63, 3.8) is 0 Å². The molecule has 0 amide bonds. The highest BCUT2D eigenvalue weighted by Gasteiger charge is 2.54. The number of hydrogen-bond acceptors (Lipinski definition) is 1. The smallest absolute Gasteiger partial charge is 0.0546 e. The number of rotatable bonds is 3. The lowest BCUT2D eigenvalue weighted by molar-refractivity contribution is -0.00311. The summed E-state index contributed by atoms with van der Waals surface area (Å²) < 4.78 is 0. The van der Waals surface area contributed by atoms with Crippen molar-refractivity contribution in [2.75, 3.05) is 0 Å². The van der Waals surface area contributed by atoms with Gasteiger partial charge in [0.1, 0.15) is 0 Å². The SMILES string of the molecule is C[C@H](Cc1ccccc1)[C@H]1CCC2=C3C=C[C@H]4C[C@@H](O)CC[C@]4(C)[C@H]3CC[C@@]21C. The normalized spacial score (nSPS) is 42.2. The summed E-state index contributed by atoms with van der Waals surface area (Å²) in [4.78, 5) is 0. The largest absolute Gasteiger partial charge is 0.393 e. The van der Waals surface area contributed by atoms with Gasteiger partial charge in [-0.1, -0.05) is 68.8 Å². The lowest BCUT2D eigenvalue weighted by Crippen LogP contribution is -2.46. The van der Waals surface area contributed by atoms with E-state index in [2.05, 4.69) is 63.3 Å². The summed E-state index contributed by atoms with van der Waals surface area (Å²) in [5.74, 6) is 2.83. The maximum absolute atomic E-state index is 10.2. The number of aliphatic hydroxyl groups excluding tert-OH is 1. The molecule has 0 spiro atoms. The topological polar surface area (TPSA) is 20.2 Å². The van der Waals surface area contributed by atoms with Gasteiger partial charge < -0.3 is 5.11 Å². The van der Waals surface area contributed by atoms with E-state index in [4.69, 9.17) is 0 Å². The van der Waals surface area contributed by atoms with Gasteiger partial charge in [0.2, 0.25) is 0 Å². The Morgan fingerprint density at radius 2 is 1.86 bits per heavy atom. The Bertz CT molecular complexity index is 820. The predicted molar refractivity (Wildman–Crippen MR) is 120 cm³/mol. The zero-order valence-corrected chi connectivity index (χ0v) is 18.5. The van der Waals surface area contributed by atoms with Crippen molar-refractivity contribution in [2.24, 2.45) is 34.5 Å². The summed E-state index contributed by atoms with van der Waals surface area (Å²) >= 11 is 0. The number of benzene rings is 1. The predicted octanol–water partition coefficient (Wildman–Crippen LogP) is 6.73. The summed E-state index contributed by atoms with van der Waals surface area (Å²) in [5, 5.41) is 10.2. The molecule has 0 radical (unpaired) electrons. The third-order valence-corrected chi connectivity index (χ3v) is 9.67. The van der Waals surface area contributed by atoms with Gasteiger partial charge in [0.15, 0.2) is 0 Å². The zero-order valence-electron chi connectivity index (χ0n) is 18.5. The minimum absolute atomic E-state index is 0.0875. The molecule has 0 saturated heterocycles. The molecule has 2 fully saturated rings. The minimum atomic E-state index is -0.0875. The molecule has 1 aromatic rings. The Hall–Kier alpha value is -1.34. The van der Waals surface area contributed by atoms with Crippen LogP contribution in [-0.4, -0.2) is 11.2 Å². The lowest BCUT2D eigenvalue weighted by Gasteiger charge is -2.54. The molecule has 29 heavy (non-hydrogen) atoms. The molecule has 0 unspecified atom stereocenters. The van der Waals surface area contributed by atoms with Gasteiger partial charge in [0.25, 0.3) is 0 Å². The van der Waals surface area contributed by atoms with E-state index >= 15 is 0 Å². The maximum Gasteiger partial charge on any atom is 0.0546 e. The number of aliphatic hydroxyl groups is 1. The second-order valence-electron chi connectivity index (χ2n) is 11.2. The van der Waals surface area contributed by atoms with Gasteiger partial charge in [0, 0.05) is 0 Å². The monoisotopic (exact) mass is 390 g/mol. The summed E-state index contributed by atoms with van der Waals surface area (Å²) in [6, 6.07) is 11.1. The third-order valence-electron chi connectivity index (χ3n) is 9.67. The van der Waals surface area contributed by atoms with Gasteiger partial charge in [-0.05, 0) is 97.0 Å². The Labute approximate surface area is 177 Å². The van der Waals surface area contributed by atoms with E-state index in [1.165, 1.54) is 44.1 Å². The molecule has 0 aliphatic heterocycles. The van der Waals surface area contributed by atoms with Crippen LogP contribution < -0.4 is 0 Å². The van der Waals surface area contributed by atoms with Crippen molar-refractivity contribution in [3.05, 3.63) is 59.2 Å². The highest BCUT2D eigenvalue weighted by Crippen LogP contribution is 2.64. The maximum atomic E-state index is 10.2. The van der Waals surface area contributed by atoms with Gasteiger partial charge in [-0.2, -0.15) is 0 Å². The quantitative estimate of drug-likeness (QED) is 0.607. The molecule has 1 aromatic carbocycles. The molecule has 0 aromatic heterocycles. The summed E-state index contributed by atoms with van der Waals surface area (Å²) in [7, 11) is 0. The number of hydrogen-bond donors (Lipinski definition) is 1. The molecule has 4 aliphatic carbocycles. The van der Waals surface area contributed by atoms with Crippen LogP contribution in [0.4, 0.5) is 0 Å². The molecule has 1 N–H and O–H groups in total. The molecular formula is C28H38O. The van der Waals surface area contributed by atoms with Crippen molar-refractivity contribution in [1.29, 1.82) is 0 Å². The average Bonchev–Trinajstić information content (AvgIpc) is 3.06. The highest BCUT2D eigenvalue weighted by molar-refractivity contribution is 5.42. The molecule has 4 aliphatic rings. The van der Waals surface area contributed by atoms with Crippen LogP contribution in [0.3, 0.4) is 0 Å². The van der Waals surface area contributed by atoms with Gasteiger partial charge in [-0.3, -0.25) is 0 Å². The van der Waals surface area contributed by atoms with E-state index in [1.807, 2.05) is 0 Å². The van der Waals surface area contributed by atoms with E-state index in [-0.39, 0.29) is 6.10 Å². The molecule has 1 nitrogen and oxygen atoms in total. The van der Waals surface area contributed by atoms with Crippen LogP contribution in [0.2, 0.25) is 0 Å². The standard InChI is InChI=1S/C28H38O/c1-19(17-20-7-5-4-6-8-20)24-11-12-25-23-10-9-21-18-22(29)13-15-27(21,2)26(23)14-16-28(24,25)3/h4-10,19,21-22,24,26,29H,11-18H2,1-3H3/t19-,21+,22+,24-,26+,27+,28-/m1/s1. The molecule has 7 atom stereocenters. The van der Waals surface area contributed by atoms with Crippen molar-refractivity contribution in [2.45, 2.75) is 78.2 Å². The molecule has 2 saturated carbocycles. The Balaban J connectivity index is 1.44. The number of fused-ring (bicyclic) bond motifs is 4. The average molecular weight is 391 g/mol. The minimum Gasteiger partial charge on any atom is -0.393 e. The Morgan fingerprint density at radius 3 is 2.66 bits per heavy atom. The second kappa shape index (κ2) is 7.12. The van der Waals surface area contributed by atoms with Gasteiger partial charge in [0.05, 0.1) is 6.10 Å². The van der Waals surface area contributed by atoms with Crippen LogP contribution in [0.25, 0.3) is 0 Å². The molecule has 0 heterocycles. The molecule has 1 heteroatoms. The van der Waals surface area contributed by atoms with Crippen LogP contribution in [0.1, 0.15) is 71.3 Å². The lowest BCUT2D eigenvalue weighted by atomic mass is 9.50. The number of allylic oxidation sites excluding steroid dienone is 4. The second-order valence-corrected chi connectivity index (χ2v) is 11.2. The summed E-state index contributed by atoms with van der Waals surface area (Å²) in [6.07, 6.45) is 14.6. The first-order chi connectivity index (χ1) is 13.9. The first-order valence-corrected chi connectivity index (χ1v) is 12.1. The van der Waals surface area contributed by atoms with Gasteiger partial charge in [-0.25, -0.2) is 0 Å². The van der Waals surface area contributed by atoms with Crippen molar-refractivity contribution < 1.29 is 5.11 Å². The van der Waals surface area contributed by atoms with Crippen LogP contribution in [-0.2, 0) is 6.42 Å². The van der Waals surface area contributed by atoms with E-state index in [0.29, 0.717) is 16.7 Å². The van der Waals surface area contributed by atoms with Gasteiger partial charge in [-0.15, -0.1) is 0 Å². The van der Waals surface area contributed by atoms with Crippen molar-refractivity contribution >= 4 is 0 Å². The van der Waals surface area contributed by atoms with Crippen LogP contribution in [0.5, 0.6) is 0 Å². The Morgan fingerprint density at radius 1 is 1.07 bits per heavy atom. The fourth-order valence-electron chi connectivity index (χ4n) is 7.98. The van der Waals surface area contributed by atoms with E-state index < -0.39 is 0 Å². The van der Waals surface area contributed by atoms with Crippen molar-refractivity contribution in [3.8, 4) is 0 Å². The first-order valence-electron chi connectivity index (χ1n) is 12.1. The highest BCUT2D eigenvalue weighted by atomic mass is 16.3. The van der Waals surface area contributed by atoms with Crippen LogP contribution in [0, 0.1) is 34.5 Å². The van der Waals surface area contributed by atoms with Gasteiger partial charge >= 0.3 is 0 Å². The first kappa shape index (κ1) is 19.6. The van der Waals surface area contributed by atoms with Crippen molar-refractivity contribution in [1.82, 2.24) is 0 Å². The fraction of sp³-hybridized carbons (Fsp3) is 0.643. The molecule has 5 rings (SSSR count). The summed E-state index contributed by atoms with van der Waals surface area (Å²) in [6.45, 7) is 7.63. The molecule has 156 valence electrons. The molecular weight excluding hydrogens is 352 g/mol. The van der Waals surface area contributed by atoms with E-state index in [1.54, 1.807) is 11.1 Å². The Kier molecular flexibility index (Phi) is 4.81. The summed E-state index contributed by atoms with van der Waals surface area (Å²) in [5.41, 5.74) is 5.77. The van der Waals surface area contributed by atoms with E-state index in [0.717, 1.165) is 30.6 Å². The fourth-order valence-corrected chi connectivity index (χ4v) is 7.98. The third kappa shape index (κ3) is 3.07. The molecule has 0 bridgehead atoms. The van der Waals surface area contributed by atoms with Crippen LogP contribution in [0.15, 0.2) is 53.6 Å². The zero-order chi connectivity index (χ0) is 20.2. The van der Waals surface area contributed by atoms with Crippen LogP contribution >= 0.6 is 0 Å². The van der Waals surface area contributed by atoms with E-state index in [9.17, 15) is 5.11 Å².